The molecule has 112 valence electrons. The largest absolute Gasteiger partial charge is 0.376 e. The summed E-state index contributed by atoms with van der Waals surface area (Å²) in [6, 6.07) is 14.4. The molecule has 0 aliphatic heterocycles. The molecule has 0 fully saturated rings. The van der Waals surface area contributed by atoms with Crippen molar-refractivity contribution in [1.29, 1.82) is 0 Å². The van der Waals surface area contributed by atoms with Crippen LogP contribution in [-0.4, -0.2) is 4.98 Å². The highest BCUT2D eigenvalue weighted by Gasteiger charge is 2.16. The molecule has 1 aromatic heterocycles. The lowest BCUT2D eigenvalue weighted by Gasteiger charge is -2.21. The van der Waals surface area contributed by atoms with E-state index in [1.54, 1.807) is 18.3 Å². The molecule has 0 amide bonds. The first-order chi connectivity index (χ1) is 10.7. The molecule has 0 aliphatic carbocycles. The van der Waals surface area contributed by atoms with Crippen LogP contribution >= 0.6 is 11.6 Å². The molecule has 0 spiro atoms. The topological polar surface area (TPSA) is 24.9 Å². The van der Waals surface area contributed by atoms with Gasteiger partial charge in [-0.2, -0.15) is 0 Å². The van der Waals surface area contributed by atoms with Gasteiger partial charge in [-0.3, -0.25) is 4.98 Å². The maximum Gasteiger partial charge on any atom is 0.128 e. The van der Waals surface area contributed by atoms with Crippen LogP contribution in [0.15, 0.2) is 54.7 Å². The van der Waals surface area contributed by atoms with Crippen LogP contribution in [0, 0.1) is 5.82 Å². The Hall–Kier alpha value is -2.13. The molecule has 2 aromatic carbocycles. The smallest absolute Gasteiger partial charge is 0.128 e. The van der Waals surface area contributed by atoms with Crippen molar-refractivity contribution in [1.82, 2.24) is 4.98 Å². The molecule has 0 saturated carbocycles. The first-order valence-electron chi connectivity index (χ1n) is 7.25. The van der Waals surface area contributed by atoms with E-state index in [2.05, 4.69) is 10.3 Å². The van der Waals surface area contributed by atoms with Crippen LogP contribution in [0.5, 0.6) is 0 Å². The number of hydrogen-bond acceptors (Lipinski definition) is 2. The van der Waals surface area contributed by atoms with Crippen LogP contribution in [0.1, 0.15) is 24.9 Å². The number of anilines is 1. The van der Waals surface area contributed by atoms with Crippen molar-refractivity contribution in [3.63, 3.8) is 0 Å². The summed E-state index contributed by atoms with van der Waals surface area (Å²) in [5, 5.41) is 4.86. The lowest BCUT2D eigenvalue weighted by atomic mass is 10.0. The maximum atomic E-state index is 14.1. The van der Waals surface area contributed by atoms with Crippen molar-refractivity contribution >= 4 is 28.2 Å². The van der Waals surface area contributed by atoms with E-state index in [4.69, 9.17) is 11.6 Å². The molecule has 22 heavy (non-hydrogen) atoms. The summed E-state index contributed by atoms with van der Waals surface area (Å²) >= 11 is 6.31. The molecule has 0 bridgehead atoms. The highest BCUT2D eigenvalue weighted by Crippen LogP contribution is 2.34. The standard InChI is InChI=1S/C18H16ClFN2/c1-2-16(12-7-3-5-9-15(12)20)22-18-13-8-4-6-10-17(13)21-11-14(18)19/h3-11,16H,2H2,1H3,(H,21,22). The van der Waals surface area contributed by atoms with Gasteiger partial charge < -0.3 is 5.32 Å². The quantitative estimate of drug-likeness (QED) is 0.679. The fourth-order valence-electron chi connectivity index (χ4n) is 2.60. The predicted molar refractivity (Wildman–Crippen MR) is 89.8 cm³/mol. The van der Waals surface area contributed by atoms with Gasteiger partial charge in [0, 0.05) is 17.1 Å². The van der Waals surface area contributed by atoms with Gasteiger partial charge in [-0.25, -0.2) is 4.39 Å². The highest BCUT2D eigenvalue weighted by molar-refractivity contribution is 6.34. The lowest BCUT2D eigenvalue weighted by Crippen LogP contribution is -2.12. The van der Waals surface area contributed by atoms with Gasteiger partial charge in [0.05, 0.1) is 22.3 Å². The van der Waals surface area contributed by atoms with E-state index in [1.807, 2.05) is 37.3 Å². The fourth-order valence-corrected chi connectivity index (χ4v) is 2.80. The van der Waals surface area contributed by atoms with Crippen molar-refractivity contribution in [2.24, 2.45) is 0 Å². The second kappa shape index (κ2) is 6.32. The van der Waals surface area contributed by atoms with Gasteiger partial charge in [0.15, 0.2) is 0 Å². The molecule has 0 aliphatic rings. The molecule has 2 nitrogen and oxygen atoms in total. The SMILES string of the molecule is CCC(Nc1c(Cl)cnc2ccccc12)c1ccccc1F. The van der Waals surface area contributed by atoms with Gasteiger partial charge >= 0.3 is 0 Å². The normalized spacial score (nSPS) is 12.3. The van der Waals surface area contributed by atoms with E-state index in [0.717, 1.165) is 23.0 Å². The molecule has 3 aromatic rings. The van der Waals surface area contributed by atoms with Crippen LogP contribution in [0.2, 0.25) is 5.02 Å². The van der Waals surface area contributed by atoms with Crippen molar-refractivity contribution in [3.05, 3.63) is 71.1 Å². The molecule has 1 atom stereocenters. The van der Waals surface area contributed by atoms with Gasteiger partial charge in [0.1, 0.15) is 5.82 Å². The Morgan fingerprint density at radius 1 is 1.14 bits per heavy atom. The van der Waals surface area contributed by atoms with E-state index in [1.165, 1.54) is 6.07 Å². The van der Waals surface area contributed by atoms with Crippen LogP contribution in [0.25, 0.3) is 10.9 Å². The van der Waals surface area contributed by atoms with Crippen molar-refractivity contribution in [2.75, 3.05) is 5.32 Å². The summed E-state index contributed by atoms with van der Waals surface area (Å²) in [6.07, 6.45) is 2.37. The lowest BCUT2D eigenvalue weighted by molar-refractivity contribution is 0.587. The third-order valence-corrected chi connectivity index (χ3v) is 4.02. The van der Waals surface area contributed by atoms with Crippen LogP contribution in [0.4, 0.5) is 10.1 Å². The van der Waals surface area contributed by atoms with Crippen LogP contribution < -0.4 is 5.32 Å². The number of halogens is 2. The Balaban J connectivity index is 2.05. The zero-order valence-corrected chi connectivity index (χ0v) is 12.9. The average molecular weight is 315 g/mol. The molecule has 3 rings (SSSR count). The number of benzene rings is 2. The zero-order chi connectivity index (χ0) is 15.5. The number of para-hydroxylation sites is 1. The molecule has 4 heteroatoms. The summed E-state index contributed by atoms with van der Waals surface area (Å²) in [4.78, 5) is 4.32. The highest BCUT2D eigenvalue weighted by atomic mass is 35.5. The zero-order valence-electron chi connectivity index (χ0n) is 12.2. The second-order valence-corrected chi connectivity index (χ2v) is 5.53. The first kappa shape index (κ1) is 14.8. The molecule has 0 radical (unpaired) electrons. The Morgan fingerprint density at radius 3 is 2.64 bits per heavy atom. The van der Waals surface area contributed by atoms with E-state index in [9.17, 15) is 4.39 Å². The first-order valence-corrected chi connectivity index (χ1v) is 7.62. The summed E-state index contributed by atoms with van der Waals surface area (Å²) in [6.45, 7) is 2.02. The minimum atomic E-state index is -0.212. The van der Waals surface area contributed by atoms with E-state index >= 15 is 0 Å². The third-order valence-electron chi connectivity index (χ3n) is 3.74. The third kappa shape index (κ3) is 2.77. The number of aromatic nitrogens is 1. The Morgan fingerprint density at radius 2 is 1.86 bits per heavy atom. The summed E-state index contributed by atoms with van der Waals surface area (Å²) in [5.41, 5.74) is 2.29. The average Bonchev–Trinajstić information content (AvgIpc) is 2.55. The molecule has 1 unspecified atom stereocenters. The van der Waals surface area contributed by atoms with E-state index in [0.29, 0.717) is 10.6 Å². The predicted octanol–water partition coefficient (Wildman–Crippen LogP) is 5.59. The molecular formula is C18H16ClFN2. The number of nitrogens with zero attached hydrogens (tertiary/aromatic N) is 1. The van der Waals surface area contributed by atoms with Crippen molar-refractivity contribution < 1.29 is 4.39 Å². The Labute approximate surface area is 134 Å². The summed E-state index contributed by atoms with van der Waals surface area (Å²) < 4.78 is 14.1. The summed E-state index contributed by atoms with van der Waals surface area (Å²) in [7, 11) is 0. The van der Waals surface area contributed by atoms with Crippen LogP contribution in [0.3, 0.4) is 0 Å². The fraction of sp³-hybridized carbons (Fsp3) is 0.167. The van der Waals surface area contributed by atoms with Crippen molar-refractivity contribution in [2.45, 2.75) is 19.4 Å². The van der Waals surface area contributed by atoms with Gasteiger partial charge in [0.2, 0.25) is 0 Å². The molecule has 1 heterocycles. The molecular weight excluding hydrogens is 299 g/mol. The van der Waals surface area contributed by atoms with Gasteiger partial charge in [-0.05, 0) is 18.6 Å². The minimum Gasteiger partial charge on any atom is -0.376 e. The van der Waals surface area contributed by atoms with Gasteiger partial charge in [0.25, 0.3) is 0 Å². The van der Waals surface area contributed by atoms with Gasteiger partial charge in [-0.1, -0.05) is 54.9 Å². The molecule has 0 saturated heterocycles. The Bertz CT molecular complexity index is 804. The number of nitrogens with one attached hydrogen (secondary N) is 1. The number of fused-ring (bicyclic) bond motifs is 1. The number of pyridine rings is 1. The van der Waals surface area contributed by atoms with Gasteiger partial charge in [-0.15, -0.1) is 0 Å². The van der Waals surface area contributed by atoms with Crippen LogP contribution in [-0.2, 0) is 0 Å². The number of rotatable bonds is 4. The summed E-state index contributed by atoms with van der Waals surface area (Å²) in [5.74, 6) is -0.212. The maximum absolute atomic E-state index is 14.1. The van der Waals surface area contributed by atoms with E-state index in [-0.39, 0.29) is 11.9 Å². The Kier molecular flexibility index (Phi) is 4.25. The monoisotopic (exact) mass is 314 g/mol. The van der Waals surface area contributed by atoms with E-state index < -0.39 is 0 Å². The number of hydrogen-bond donors (Lipinski definition) is 1. The second-order valence-electron chi connectivity index (χ2n) is 5.12. The van der Waals surface area contributed by atoms with Crippen molar-refractivity contribution in [3.8, 4) is 0 Å². The minimum absolute atomic E-state index is 0.149. The molecule has 1 N–H and O–H groups in total.